The molecule has 0 amide bonds. The van der Waals surface area contributed by atoms with Crippen molar-refractivity contribution in [3.8, 4) is 0 Å². The summed E-state index contributed by atoms with van der Waals surface area (Å²) in [5.74, 6) is -3.72. The molecule has 3 unspecified atom stereocenters. The van der Waals surface area contributed by atoms with Gasteiger partial charge < -0.3 is 33.9 Å². The maximum Gasteiger partial charge on any atom is 0.339 e. The highest BCUT2D eigenvalue weighted by Crippen LogP contribution is 2.76. The topological polar surface area (TPSA) is 138 Å². The van der Waals surface area contributed by atoms with Crippen molar-refractivity contribution in [2.75, 3.05) is 13.7 Å². The minimum atomic E-state index is -1.56. The van der Waals surface area contributed by atoms with Gasteiger partial charge in [0.1, 0.15) is 17.5 Å². The smallest absolute Gasteiger partial charge is 0.339 e. The van der Waals surface area contributed by atoms with E-state index in [1.807, 2.05) is 6.08 Å². The molecule has 5 heterocycles. The number of hydrogen-bond donors (Lipinski definition) is 2. The van der Waals surface area contributed by atoms with Crippen LogP contribution in [0.15, 0.2) is 23.5 Å². The second kappa shape index (κ2) is 8.04. The molecule has 5 aliphatic heterocycles. The SMILES string of the molecule is CO[C@]12O[C@@]3(CCC4(C)C([C@H](C)/C=C5/C=C(C)C(=O)O5)C41)C[C@]14OC(=O)C[C@H]1O[C@@](C)(CO)[C@@H]4C[C@H](O)[C@H]3C2=O. The molecule has 2 saturated carbocycles. The summed E-state index contributed by atoms with van der Waals surface area (Å²) in [4.78, 5) is 39.0. The molecule has 7 rings (SSSR count). The van der Waals surface area contributed by atoms with E-state index in [4.69, 9.17) is 23.7 Å². The Kier molecular flexibility index (Phi) is 5.38. The van der Waals surface area contributed by atoms with Gasteiger partial charge in [0, 0.05) is 30.9 Å². The van der Waals surface area contributed by atoms with Crippen LogP contribution in [-0.2, 0) is 38.1 Å². The van der Waals surface area contributed by atoms with Crippen LogP contribution in [0.5, 0.6) is 0 Å². The average molecular weight is 559 g/mol. The van der Waals surface area contributed by atoms with Crippen LogP contribution >= 0.6 is 0 Å². The largest absolute Gasteiger partial charge is 0.456 e. The Morgan fingerprint density at radius 3 is 2.62 bits per heavy atom. The molecule has 0 aromatic heterocycles. The van der Waals surface area contributed by atoms with Gasteiger partial charge in [-0.15, -0.1) is 0 Å². The van der Waals surface area contributed by atoms with Gasteiger partial charge in [0.2, 0.25) is 11.6 Å². The van der Waals surface area contributed by atoms with Crippen molar-refractivity contribution in [3.05, 3.63) is 23.5 Å². The summed E-state index contributed by atoms with van der Waals surface area (Å²) < 4.78 is 30.7. The van der Waals surface area contributed by atoms with Crippen molar-refractivity contribution >= 4 is 17.7 Å². The Hall–Kier alpha value is -2.11. The molecule has 0 radical (unpaired) electrons. The predicted octanol–water partition coefficient (Wildman–Crippen LogP) is 1.96. The average Bonchev–Trinajstić information content (AvgIpc) is 3.00. The first-order valence-electron chi connectivity index (χ1n) is 14.4. The maximum absolute atomic E-state index is 14.5. The maximum atomic E-state index is 14.5. The molecule has 2 aliphatic carbocycles. The summed E-state index contributed by atoms with van der Waals surface area (Å²) in [5, 5.41) is 22.0. The Balaban J connectivity index is 1.28. The first-order valence-corrected chi connectivity index (χ1v) is 14.4. The molecule has 2 spiro atoms. The van der Waals surface area contributed by atoms with Crippen molar-refractivity contribution in [1.29, 1.82) is 0 Å². The van der Waals surface area contributed by atoms with E-state index in [9.17, 15) is 24.6 Å². The highest BCUT2D eigenvalue weighted by atomic mass is 16.7. The van der Waals surface area contributed by atoms with E-state index in [-0.39, 0.29) is 66.8 Å². The van der Waals surface area contributed by atoms with Crippen molar-refractivity contribution in [2.24, 2.45) is 35.0 Å². The molecule has 10 heteroatoms. The third kappa shape index (κ3) is 3.09. The number of aliphatic hydroxyl groups excluding tert-OH is 2. The number of carbonyl (C=O) groups excluding carboxylic acids is 3. The number of rotatable bonds is 4. The predicted molar refractivity (Wildman–Crippen MR) is 136 cm³/mol. The van der Waals surface area contributed by atoms with Gasteiger partial charge in [-0.1, -0.05) is 13.8 Å². The van der Waals surface area contributed by atoms with E-state index in [1.165, 1.54) is 7.11 Å². The van der Waals surface area contributed by atoms with Gasteiger partial charge in [0.25, 0.3) is 0 Å². The van der Waals surface area contributed by atoms with Crippen LogP contribution in [0.4, 0.5) is 0 Å². The fourth-order valence-electron chi connectivity index (χ4n) is 9.96. The van der Waals surface area contributed by atoms with Gasteiger partial charge in [0.15, 0.2) is 0 Å². The van der Waals surface area contributed by atoms with Crippen LogP contribution in [0.3, 0.4) is 0 Å². The molecule has 10 nitrogen and oxygen atoms in total. The third-order valence-electron chi connectivity index (χ3n) is 11.6. The van der Waals surface area contributed by atoms with E-state index >= 15 is 0 Å². The van der Waals surface area contributed by atoms with Gasteiger partial charge in [0.05, 0.1) is 36.3 Å². The highest BCUT2D eigenvalue weighted by Gasteiger charge is 2.84. The van der Waals surface area contributed by atoms with Gasteiger partial charge in [-0.3, -0.25) is 9.59 Å². The lowest BCUT2D eigenvalue weighted by molar-refractivity contribution is -0.255. The number of hydrogen-bond acceptors (Lipinski definition) is 10. The van der Waals surface area contributed by atoms with Crippen LogP contribution in [0.1, 0.15) is 59.8 Å². The molecule has 218 valence electrons. The Bertz CT molecular complexity index is 1270. The molecular formula is C30H38O10. The summed E-state index contributed by atoms with van der Waals surface area (Å²) in [6.07, 6.45) is 3.54. The zero-order valence-electron chi connectivity index (χ0n) is 23.6. The van der Waals surface area contributed by atoms with Crippen molar-refractivity contribution in [3.63, 3.8) is 0 Å². The first kappa shape index (κ1) is 26.8. The number of methoxy groups -OCH3 is 1. The summed E-state index contributed by atoms with van der Waals surface area (Å²) in [6.45, 7) is 7.40. The van der Waals surface area contributed by atoms with Crippen LogP contribution in [-0.4, -0.2) is 76.4 Å². The molecule has 40 heavy (non-hydrogen) atoms. The number of cyclic esters (lactones) is 1. The van der Waals surface area contributed by atoms with Crippen LogP contribution in [0.2, 0.25) is 0 Å². The summed E-state index contributed by atoms with van der Waals surface area (Å²) >= 11 is 0. The first-order chi connectivity index (χ1) is 18.8. The quantitative estimate of drug-likeness (QED) is 0.493. The van der Waals surface area contributed by atoms with Crippen molar-refractivity contribution in [2.45, 2.75) is 94.6 Å². The number of ketones is 1. The molecule has 7 aliphatic rings. The van der Waals surface area contributed by atoms with Gasteiger partial charge in [-0.05, 0) is 62.5 Å². The lowest BCUT2D eigenvalue weighted by atomic mass is 9.69. The lowest BCUT2D eigenvalue weighted by Gasteiger charge is -2.41. The van der Waals surface area contributed by atoms with Gasteiger partial charge >= 0.3 is 11.9 Å². The van der Waals surface area contributed by atoms with Crippen molar-refractivity contribution in [1.82, 2.24) is 0 Å². The summed E-state index contributed by atoms with van der Waals surface area (Å²) in [6, 6.07) is 0. The molecule has 0 aromatic carbocycles. The number of ether oxygens (including phenoxy) is 5. The second-order valence-corrected chi connectivity index (χ2v) is 13.8. The molecule has 4 saturated heterocycles. The van der Waals surface area contributed by atoms with E-state index in [1.54, 1.807) is 19.9 Å². The van der Waals surface area contributed by atoms with E-state index in [2.05, 4.69) is 13.8 Å². The number of carbonyl (C=O) groups is 3. The summed E-state index contributed by atoms with van der Waals surface area (Å²) in [7, 11) is 1.49. The van der Waals surface area contributed by atoms with Gasteiger partial charge in [-0.2, -0.15) is 0 Å². The van der Waals surface area contributed by atoms with E-state index < -0.39 is 46.6 Å². The number of fused-ring (bicyclic) bond motifs is 3. The molecule has 6 fully saturated rings. The monoisotopic (exact) mass is 558 g/mol. The fraction of sp³-hybridized carbons (Fsp3) is 0.767. The third-order valence-corrected chi connectivity index (χ3v) is 11.6. The molecule has 2 bridgehead atoms. The molecule has 2 N–H and O–H groups in total. The van der Waals surface area contributed by atoms with Crippen molar-refractivity contribution < 1.29 is 48.3 Å². The highest BCUT2D eigenvalue weighted by molar-refractivity contribution is 5.93. The summed E-state index contributed by atoms with van der Waals surface area (Å²) in [5.41, 5.74) is -3.00. The fourth-order valence-corrected chi connectivity index (χ4v) is 9.96. The molecular weight excluding hydrogens is 520 g/mol. The standard InChI is InChI=1S/C30H38O10/c1-14(8-16-9-15(2)25(35)37-16)21-23-26(21,3)6-7-28-12-29-18(27(4,13-31)38-19(29)11-20(33)39-29)10-17(32)22(28)24(34)30(23,36-5)40-28/h8-9,14,17-19,21-23,31-32H,6-7,10-13H2,1-5H3/b16-8-/t14-,17+,18+,19-,21?,22+,23?,26?,27+,28+,29-,30+/m1/s1. The number of allylic oxidation sites excluding steroid dienone is 2. The van der Waals surface area contributed by atoms with Gasteiger partial charge in [-0.25, -0.2) is 4.79 Å². The number of esters is 2. The van der Waals surface area contributed by atoms with E-state index in [0.717, 1.165) is 0 Å². The minimum Gasteiger partial charge on any atom is -0.456 e. The van der Waals surface area contributed by atoms with Crippen LogP contribution in [0, 0.1) is 35.0 Å². The second-order valence-electron chi connectivity index (χ2n) is 13.8. The lowest BCUT2D eigenvalue weighted by Crippen LogP contribution is -2.52. The molecule has 12 atom stereocenters. The number of Topliss-reactive ketones (excluding diaryl/α,β-unsaturated/α-hetero) is 1. The molecule has 0 aromatic rings. The minimum absolute atomic E-state index is 0.0178. The van der Waals surface area contributed by atoms with Crippen LogP contribution in [0.25, 0.3) is 0 Å². The van der Waals surface area contributed by atoms with Crippen LogP contribution < -0.4 is 0 Å². The Labute approximate surface area is 233 Å². The Morgan fingerprint density at radius 1 is 1.23 bits per heavy atom. The van der Waals surface area contributed by atoms with E-state index in [0.29, 0.717) is 24.2 Å². The normalized spacial score (nSPS) is 54.0. The zero-order chi connectivity index (χ0) is 28.6. The zero-order valence-corrected chi connectivity index (χ0v) is 23.6. The number of aliphatic hydroxyl groups is 2. The Morgan fingerprint density at radius 2 is 1.98 bits per heavy atom.